The van der Waals surface area contributed by atoms with Gasteiger partial charge in [0.1, 0.15) is 0 Å². The second-order valence-corrected chi connectivity index (χ2v) is 7.35. The first-order valence-corrected chi connectivity index (χ1v) is 10.1. The Morgan fingerprint density at radius 2 is 1.90 bits per heavy atom. The molecule has 1 N–H and O–H groups in total. The number of nitrogens with zero attached hydrogens (tertiary/aromatic N) is 4. The maximum absolute atomic E-state index is 12.9. The number of halogens is 1. The highest BCUT2D eigenvalue weighted by Crippen LogP contribution is 2.19. The van der Waals surface area contributed by atoms with E-state index < -0.39 is 0 Å². The lowest BCUT2D eigenvalue weighted by molar-refractivity contribution is 0.0957. The largest absolute Gasteiger partial charge is 0.350 e. The van der Waals surface area contributed by atoms with Gasteiger partial charge in [-0.1, -0.05) is 59.6 Å². The van der Waals surface area contributed by atoms with Crippen molar-refractivity contribution in [3.63, 3.8) is 0 Å². The number of benzene rings is 2. The monoisotopic (exact) mass is 429 g/mol. The predicted molar refractivity (Wildman–Crippen MR) is 123 cm³/mol. The van der Waals surface area contributed by atoms with Crippen LogP contribution in [0.2, 0.25) is 5.02 Å². The first-order chi connectivity index (χ1) is 15.1. The molecule has 6 nitrogen and oxygen atoms in total. The molecule has 0 aliphatic rings. The predicted octanol–water partition coefficient (Wildman–Crippen LogP) is 5.27. The van der Waals surface area contributed by atoms with Crippen molar-refractivity contribution in [1.82, 2.24) is 19.7 Å². The zero-order chi connectivity index (χ0) is 21.6. The number of aromatic nitrogens is 4. The normalized spacial score (nSPS) is 11.0. The second kappa shape index (κ2) is 9.36. The van der Waals surface area contributed by atoms with Gasteiger partial charge in [0.05, 0.1) is 0 Å². The molecule has 4 aromatic rings. The van der Waals surface area contributed by atoms with Gasteiger partial charge < -0.3 is 5.32 Å². The van der Waals surface area contributed by atoms with Crippen LogP contribution in [0.25, 0.3) is 17.5 Å². The van der Waals surface area contributed by atoms with Crippen LogP contribution in [-0.2, 0) is 6.54 Å². The Labute approximate surface area is 185 Å². The summed E-state index contributed by atoms with van der Waals surface area (Å²) in [6, 6.07) is 19.1. The van der Waals surface area contributed by atoms with E-state index in [0.717, 1.165) is 16.7 Å². The number of carbonyl (C=O) groups excluding carboxylic acids is 1. The molecule has 0 saturated heterocycles. The van der Waals surface area contributed by atoms with E-state index in [1.165, 1.54) is 16.3 Å². The summed E-state index contributed by atoms with van der Waals surface area (Å²) < 4.78 is 1.25. The van der Waals surface area contributed by atoms with Gasteiger partial charge in [-0.15, -0.1) is 5.10 Å². The summed E-state index contributed by atoms with van der Waals surface area (Å²) in [6.45, 7) is 2.55. The van der Waals surface area contributed by atoms with Crippen LogP contribution in [0, 0.1) is 6.92 Å². The summed E-state index contributed by atoms with van der Waals surface area (Å²) >= 11 is 6.18. The molecule has 0 fully saturated rings. The van der Waals surface area contributed by atoms with Crippen molar-refractivity contribution in [2.24, 2.45) is 0 Å². The van der Waals surface area contributed by atoms with Crippen LogP contribution in [-0.4, -0.2) is 25.7 Å². The summed E-state index contributed by atoms with van der Waals surface area (Å²) in [6.07, 6.45) is 6.43. The van der Waals surface area contributed by atoms with Crippen LogP contribution in [0.5, 0.6) is 0 Å². The summed E-state index contributed by atoms with van der Waals surface area (Å²) in [4.78, 5) is 21.6. The first-order valence-electron chi connectivity index (χ1n) is 9.74. The summed E-state index contributed by atoms with van der Waals surface area (Å²) in [5, 5.41) is 8.20. The molecule has 7 heteroatoms. The Balaban J connectivity index is 1.62. The molecule has 2 heterocycles. The summed E-state index contributed by atoms with van der Waals surface area (Å²) in [5.74, 6) is 0.432. The minimum absolute atomic E-state index is 0.339. The lowest BCUT2D eigenvalue weighted by atomic mass is 10.1. The SMILES string of the molecule is Cc1ccc(CNc2nc(-c3cccnc3)nn2C(=O)C=Cc2ccccc2Cl)cc1. The van der Waals surface area contributed by atoms with Crippen LogP contribution in [0.1, 0.15) is 21.5 Å². The fourth-order valence-electron chi connectivity index (χ4n) is 2.93. The maximum Gasteiger partial charge on any atom is 0.274 e. The summed E-state index contributed by atoms with van der Waals surface area (Å²) in [5.41, 5.74) is 3.73. The quantitative estimate of drug-likeness (QED) is 0.423. The topological polar surface area (TPSA) is 72.7 Å². The van der Waals surface area contributed by atoms with Crippen LogP contribution in [0.4, 0.5) is 5.95 Å². The molecule has 4 rings (SSSR count). The molecule has 0 atom stereocenters. The zero-order valence-electron chi connectivity index (χ0n) is 16.9. The molecule has 2 aromatic carbocycles. The molecule has 0 bridgehead atoms. The molecule has 0 saturated carbocycles. The molecule has 0 aliphatic heterocycles. The Bertz CT molecular complexity index is 1220. The van der Waals surface area contributed by atoms with Crippen LogP contribution >= 0.6 is 11.6 Å². The molecule has 0 radical (unpaired) electrons. The minimum Gasteiger partial charge on any atom is -0.350 e. The number of allylic oxidation sites excluding steroid dienone is 1. The van der Waals surface area contributed by atoms with E-state index in [4.69, 9.17) is 11.6 Å². The number of hydrogen-bond donors (Lipinski definition) is 1. The summed E-state index contributed by atoms with van der Waals surface area (Å²) in [7, 11) is 0. The van der Waals surface area contributed by atoms with Crippen LogP contribution in [0.15, 0.2) is 79.1 Å². The molecule has 31 heavy (non-hydrogen) atoms. The van der Waals surface area contributed by atoms with E-state index in [1.807, 2.05) is 55.5 Å². The van der Waals surface area contributed by atoms with Crippen LogP contribution < -0.4 is 5.32 Å². The van der Waals surface area contributed by atoms with Crippen LogP contribution in [0.3, 0.4) is 0 Å². The number of rotatable bonds is 6. The Kier molecular flexibility index (Phi) is 6.19. The number of anilines is 1. The van der Waals surface area contributed by atoms with Gasteiger partial charge in [0.25, 0.3) is 5.91 Å². The molecule has 0 spiro atoms. The zero-order valence-corrected chi connectivity index (χ0v) is 17.6. The second-order valence-electron chi connectivity index (χ2n) is 6.94. The highest BCUT2D eigenvalue weighted by Gasteiger charge is 2.16. The smallest absolute Gasteiger partial charge is 0.274 e. The highest BCUT2D eigenvalue weighted by molar-refractivity contribution is 6.32. The minimum atomic E-state index is -0.339. The Morgan fingerprint density at radius 1 is 1.10 bits per heavy atom. The number of hydrogen-bond acceptors (Lipinski definition) is 5. The fourth-order valence-corrected chi connectivity index (χ4v) is 3.13. The van der Waals surface area contributed by atoms with Crippen molar-refractivity contribution in [2.45, 2.75) is 13.5 Å². The van der Waals surface area contributed by atoms with E-state index in [2.05, 4.69) is 20.4 Å². The fraction of sp³-hybridized carbons (Fsp3) is 0.0833. The lowest BCUT2D eigenvalue weighted by Crippen LogP contribution is -2.14. The van der Waals surface area contributed by atoms with E-state index >= 15 is 0 Å². The molecule has 154 valence electrons. The number of aryl methyl sites for hydroxylation is 1. The average molecular weight is 430 g/mol. The van der Waals surface area contributed by atoms with Crippen molar-refractivity contribution in [3.05, 3.63) is 101 Å². The van der Waals surface area contributed by atoms with Gasteiger partial charge in [0.15, 0.2) is 5.82 Å². The molecule has 0 amide bonds. The standard InChI is InChI=1S/C24H20ClN5O/c1-17-8-10-18(11-9-17)15-27-24-28-23(20-6-4-14-26-16-20)29-30(24)22(31)13-12-19-5-2-3-7-21(19)25/h2-14,16H,15H2,1H3,(H,27,28,29). The lowest BCUT2D eigenvalue weighted by Gasteiger charge is -2.06. The molecule has 2 aromatic heterocycles. The van der Waals surface area contributed by atoms with E-state index in [0.29, 0.717) is 23.3 Å². The Hall–Kier alpha value is -3.77. The van der Waals surface area contributed by atoms with E-state index in [9.17, 15) is 4.79 Å². The molecular weight excluding hydrogens is 410 g/mol. The number of pyridine rings is 1. The number of nitrogens with one attached hydrogen (secondary N) is 1. The number of carbonyl (C=O) groups is 1. The van der Waals surface area contributed by atoms with Crippen molar-refractivity contribution in [2.75, 3.05) is 5.32 Å². The molecule has 0 aliphatic carbocycles. The van der Waals surface area contributed by atoms with E-state index in [1.54, 1.807) is 30.6 Å². The average Bonchev–Trinajstić information content (AvgIpc) is 3.23. The van der Waals surface area contributed by atoms with Gasteiger partial charge in [-0.25, -0.2) is 0 Å². The molecule has 0 unspecified atom stereocenters. The molecular formula is C24H20ClN5O. The third kappa shape index (κ3) is 5.05. The van der Waals surface area contributed by atoms with Gasteiger partial charge in [0.2, 0.25) is 5.95 Å². The first kappa shape index (κ1) is 20.5. The van der Waals surface area contributed by atoms with Crippen molar-refractivity contribution >= 4 is 29.5 Å². The van der Waals surface area contributed by atoms with Gasteiger partial charge in [-0.2, -0.15) is 9.67 Å². The van der Waals surface area contributed by atoms with Gasteiger partial charge in [-0.05, 0) is 42.3 Å². The van der Waals surface area contributed by atoms with Crippen molar-refractivity contribution in [3.8, 4) is 11.4 Å². The van der Waals surface area contributed by atoms with Gasteiger partial charge >= 0.3 is 0 Å². The van der Waals surface area contributed by atoms with Gasteiger partial charge in [0, 0.05) is 35.6 Å². The van der Waals surface area contributed by atoms with E-state index in [-0.39, 0.29) is 5.91 Å². The van der Waals surface area contributed by atoms with Crippen molar-refractivity contribution in [1.29, 1.82) is 0 Å². The van der Waals surface area contributed by atoms with Gasteiger partial charge in [-0.3, -0.25) is 9.78 Å². The highest BCUT2D eigenvalue weighted by atomic mass is 35.5. The maximum atomic E-state index is 12.9. The van der Waals surface area contributed by atoms with Crippen molar-refractivity contribution < 1.29 is 4.79 Å². The Morgan fingerprint density at radius 3 is 2.65 bits per heavy atom. The third-order valence-corrected chi connectivity index (χ3v) is 4.96. The third-order valence-electron chi connectivity index (χ3n) is 4.62.